The van der Waals surface area contributed by atoms with Crippen molar-refractivity contribution in [3.8, 4) is 0 Å². The summed E-state index contributed by atoms with van der Waals surface area (Å²) in [6.07, 6.45) is 1.15. The summed E-state index contributed by atoms with van der Waals surface area (Å²) in [4.78, 5) is 18.4. The second-order valence-corrected chi connectivity index (χ2v) is 9.48. The first-order valence-electron chi connectivity index (χ1n) is 11.8. The number of para-hydroxylation sites is 1. The highest BCUT2D eigenvalue weighted by Crippen LogP contribution is 2.34. The van der Waals surface area contributed by atoms with Crippen LogP contribution in [0.5, 0.6) is 0 Å². The molecule has 0 radical (unpaired) electrons. The first-order valence-corrected chi connectivity index (χ1v) is 11.8. The SMILES string of the molecule is CC(C)CN(CC(C)C)c1ccc([C@H](Nc2ccccn2)n2nnc3ccccc32)cc1[N+](=O)[O-]. The minimum atomic E-state index is -0.548. The van der Waals surface area contributed by atoms with Gasteiger partial charge in [-0.3, -0.25) is 10.1 Å². The molecule has 0 aliphatic heterocycles. The summed E-state index contributed by atoms with van der Waals surface area (Å²) in [5, 5.41) is 24.3. The second-order valence-electron chi connectivity index (χ2n) is 9.48. The van der Waals surface area contributed by atoms with Crippen molar-refractivity contribution in [2.75, 3.05) is 23.3 Å². The lowest BCUT2D eigenvalue weighted by atomic mass is 10.1. The van der Waals surface area contributed by atoms with E-state index in [2.05, 4.69) is 53.2 Å². The molecule has 0 saturated heterocycles. The monoisotopic (exact) mass is 473 g/mol. The van der Waals surface area contributed by atoms with Gasteiger partial charge in [0.2, 0.25) is 0 Å². The zero-order valence-corrected chi connectivity index (χ0v) is 20.5. The number of rotatable bonds is 10. The van der Waals surface area contributed by atoms with Crippen molar-refractivity contribution in [3.05, 3.63) is 82.5 Å². The number of aromatic nitrogens is 4. The standard InChI is InChI=1S/C26H31N7O2/c1-18(2)16-31(17-19(3)4)23-13-12-20(15-24(23)33(34)35)26(28-25-11-7-8-14-27-25)32-22-10-6-5-9-21(22)29-30-32/h5-15,18-19,26H,16-17H2,1-4H3,(H,27,28)/t26-/m1/s1. The van der Waals surface area contributed by atoms with Crippen molar-refractivity contribution in [3.63, 3.8) is 0 Å². The molecular formula is C26H31N7O2. The van der Waals surface area contributed by atoms with Crippen LogP contribution in [0.4, 0.5) is 17.2 Å². The van der Waals surface area contributed by atoms with E-state index >= 15 is 0 Å². The Hall–Kier alpha value is -4.01. The van der Waals surface area contributed by atoms with E-state index in [0.29, 0.717) is 28.9 Å². The Morgan fingerprint density at radius 1 is 1.00 bits per heavy atom. The van der Waals surface area contributed by atoms with Crippen molar-refractivity contribution in [1.82, 2.24) is 20.0 Å². The molecule has 0 aliphatic carbocycles. The molecule has 35 heavy (non-hydrogen) atoms. The van der Waals surface area contributed by atoms with Gasteiger partial charge >= 0.3 is 0 Å². The van der Waals surface area contributed by atoms with Crippen molar-refractivity contribution in [1.29, 1.82) is 0 Å². The highest BCUT2D eigenvalue weighted by Gasteiger charge is 2.26. The van der Waals surface area contributed by atoms with Crippen LogP contribution >= 0.6 is 0 Å². The van der Waals surface area contributed by atoms with Crippen molar-refractivity contribution in [2.24, 2.45) is 11.8 Å². The Morgan fingerprint density at radius 2 is 1.71 bits per heavy atom. The van der Waals surface area contributed by atoms with Crippen LogP contribution in [0.15, 0.2) is 66.9 Å². The van der Waals surface area contributed by atoms with E-state index in [1.807, 2.05) is 54.6 Å². The van der Waals surface area contributed by atoms with Gasteiger partial charge in [0.15, 0.2) is 0 Å². The fourth-order valence-electron chi connectivity index (χ4n) is 4.23. The molecule has 1 atom stereocenters. The number of nitro groups is 1. The smallest absolute Gasteiger partial charge is 0.292 e. The molecule has 0 aliphatic rings. The number of hydrogen-bond donors (Lipinski definition) is 1. The van der Waals surface area contributed by atoms with Crippen LogP contribution in [-0.4, -0.2) is 38.0 Å². The molecule has 9 heteroatoms. The number of anilines is 2. The number of fused-ring (bicyclic) bond motifs is 1. The zero-order valence-electron chi connectivity index (χ0n) is 20.5. The molecule has 0 amide bonds. The van der Waals surface area contributed by atoms with Crippen LogP contribution in [-0.2, 0) is 0 Å². The van der Waals surface area contributed by atoms with Gasteiger partial charge in [-0.25, -0.2) is 9.67 Å². The number of hydrogen-bond acceptors (Lipinski definition) is 7. The van der Waals surface area contributed by atoms with Crippen molar-refractivity contribution in [2.45, 2.75) is 33.9 Å². The van der Waals surface area contributed by atoms with E-state index in [9.17, 15) is 10.1 Å². The first-order chi connectivity index (χ1) is 16.8. The molecule has 1 N–H and O–H groups in total. The maximum Gasteiger partial charge on any atom is 0.292 e. The Bertz CT molecular complexity index is 1280. The number of nitrogens with one attached hydrogen (secondary N) is 1. The first kappa shape index (κ1) is 24.1. The predicted octanol–water partition coefficient (Wildman–Crippen LogP) is 5.51. The Kier molecular flexibility index (Phi) is 7.24. The molecular weight excluding hydrogens is 442 g/mol. The van der Waals surface area contributed by atoms with Crippen LogP contribution in [0.25, 0.3) is 11.0 Å². The fraction of sp³-hybridized carbons (Fsp3) is 0.346. The van der Waals surface area contributed by atoms with Crippen LogP contribution < -0.4 is 10.2 Å². The predicted molar refractivity (Wildman–Crippen MR) is 139 cm³/mol. The van der Waals surface area contributed by atoms with Gasteiger partial charge in [-0.1, -0.05) is 57.2 Å². The van der Waals surface area contributed by atoms with Gasteiger partial charge in [-0.05, 0) is 42.2 Å². The lowest BCUT2D eigenvalue weighted by Crippen LogP contribution is -2.32. The molecule has 4 aromatic rings. The van der Waals surface area contributed by atoms with Gasteiger partial charge in [0.25, 0.3) is 5.69 Å². The maximum atomic E-state index is 12.2. The van der Waals surface area contributed by atoms with E-state index < -0.39 is 6.17 Å². The molecule has 4 rings (SSSR count). The molecule has 2 aromatic carbocycles. The van der Waals surface area contributed by atoms with Gasteiger partial charge in [0, 0.05) is 30.9 Å². The molecule has 0 unspecified atom stereocenters. The molecule has 0 spiro atoms. The van der Waals surface area contributed by atoms with E-state index in [4.69, 9.17) is 0 Å². The van der Waals surface area contributed by atoms with E-state index in [1.54, 1.807) is 16.9 Å². The Balaban J connectivity index is 1.82. The highest BCUT2D eigenvalue weighted by atomic mass is 16.6. The molecule has 0 bridgehead atoms. The zero-order chi connectivity index (χ0) is 24.9. The molecule has 182 valence electrons. The number of pyridine rings is 1. The van der Waals surface area contributed by atoms with Crippen LogP contribution in [0.1, 0.15) is 39.4 Å². The summed E-state index contributed by atoms with van der Waals surface area (Å²) in [6, 6.07) is 18.6. The van der Waals surface area contributed by atoms with Crippen LogP contribution in [0, 0.1) is 22.0 Å². The third-order valence-corrected chi connectivity index (χ3v) is 5.60. The van der Waals surface area contributed by atoms with Crippen LogP contribution in [0.2, 0.25) is 0 Å². The van der Waals surface area contributed by atoms with Gasteiger partial charge < -0.3 is 10.2 Å². The van der Waals surface area contributed by atoms with Crippen molar-refractivity contribution >= 4 is 28.2 Å². The summed E-state index contributed by atoms with van der Waals surface area (Å²) < 4.78 is 1.74. The summed E-state index contributed by atoms with van der Waals surface area (Å²) >= 11 is 0. The van der Waals surface area contributed by atoms with Gasteiger partial charge in [-0.2, -0.15) is 0 Å². The summed E-state index contributed by atoms with van der Waals surface area (Å²) in [6.45, 7) is 9.96. The lowest BCUT2D eigenvalue weighted by molar-refractivity contribution is -0.384. The summed E-state index contributed by atoms with van der Waals surface area (Å²) in [7, 11) is 0. The Morgan fingerprint density at radius 3 is 2.37 bits per heavy atom. The van der Waals surface area contributed by atoms with E-state index in [-0.39, 0.29) is 10.6 Å². The number of nitrogens with zero attached hydrogens (tertiary/aromatic N) is 6. The lowest BCUT2D eigenvalue weighted by Gasteiger charge is -2.29. The van der Waals surface area contributed by atoms with E-state index in [0.717, 1.165) is 24.1 Å². The number of nitro benzene ring substituents is 1. The second kappa shape index (κ2) is 10.5. The van der Waals surface area contributed by atoms with Gasteiger partial charge in [0.1, 0.15) is 23.2 Å². The topological polar surface area (TPSA) is 102 Å². The quantitative estimate of drug-likeness (QED) is 0.239. The third-order valence-electron chi connectivity index (χ3n) is 5.60. The van der Waals surface area contributed by atoms with E-state index in [1.165, 1.54) is 0 Å². The van der Waals surface area contributed by atoms with Gasteiger partial charge in [-0.15, -0.1) is 5.10 Å². The molecule has 2 heterocycles. The normalized spacial score (nSPS) is 12.3. The summed E-state index contributed by atoms with van der Waals surface area (Å²) in [5.74, 6) is 1.37. The largest absolute Gasteiger partial charge is 0.365 e. The Labute approximate surface area is 204 Å². The molecule has 2 aromatic heterocycles. The average Bonchev–Trinajstić information content (AvgIpc) is 3.26. The minimum absolute atomic E-state index is 0.0704. The highest BCUT2D eigenvalue weighted by molar-refractivity contribution is 5.74. The summed E-state index contributed by atoms with van der Waals surface area (Å²) in [5.41, 5.74) is 2.94. The molecule has 0 saturated carbocycles. The van der Waals surface area contributed by atoms with Gasteiger partial charge in [0.05, 0.1) is 10.4 Å². The molecule has 9 nitrogen and oxygen atoms in total. The minimum Gasteiger partial charge on any atom is -0.365 e. The average molecular weight is 474 g/mol. The van der Waals surface area contributed by atoms with Crippen molar-refractivity contribution < 1.29 is 4.92 Å². The number of benzene rings is 2. The maximum absolute atomic E-state index is 12.2. The third kappa shape index (κ3) is 5.56. The molecule has 0 fully saturated rings. The van der Waals surface area contributed by atoms with Crippen LogP contribution in [0.3, 0.4) is 0 Å². The fourth-order valence-corrected chi connectivity index (χ4v) is 4.23.